The smallest absolute Gasteiger partial charge is 0.402 e. The quantitative estimate of drug-likeness (QED) is 0.461. The molecule has 0 aliphatic heterocycles. The van der Waals surface area contributed by atoms with Crippen molar-refractivity contribution in [3.05, 3.63) is 34.4 Å². The number of nitrogens with zero attached hydrogens (tertiary/aromatic N) is 1. The molecule has 0 fully saturated rings. The summed E-state index contributed by atoms with van der Waals surface area (Å²) < 4.78 is 9.80. The van der Waals surface area contributed by atoms with E-state index in [9.17, 15) is 10.1 Å². The van der Waals surface area contributed by atoms with E-state index in [1.165, 1.54) is 7.11 Å². The van der Waals surface area contributed by atoms with E-state index >= 15 is 0 Å². The summed E-state index contributed by atoms with van der Waals surface area (Å²) in [6, 6.07) is 6.77. The molecule has 8 nitrogen and oxygen atoms in total. The second-order valence-corrected chi connectivity index (χ2v) is 2.60. The number of ether oxygens (including phenoxy) is 2. The van der Waals surface area contributed by atoms with Gasteiger partial charge in [-0.05, 0) is 12.1 Å². The van der Waals surface area contributed by atoms with Crippen molar-refractivity contribution < 1.29 is 24.3 Å². The summed E-state index contributed by atoms with van der Waals surface area (Å²) in [6.07, 6.45) is -1.33. The molecule has 8 heteroatoms. The minimum atomic E-state index is -1.33. The number of nitrogens with two attached hydrogens (primary N) is 1. The highest BCUT2D eigenvalue weighted by Gasteiger charge is 2.04. The van der Waals surface area contributed by atoms with Crippen molar-refractivity contribution in [2.45, 2.75) is 0 Å². The SMILES string of the molecule is COc1ccccc1OC[N+](=O)[O-].NC(=O)O. The Labute approximate surface area is 96.7 Å². The van der Waals surface area contributed by atoms with Crippen LogP contribution in [0.3, 0.4) is 0 Å². The molecule has 3 N–H and O–H groups in total. The van der Waals surface area contributed by atoms with E-state index in [2.05, 4.69) is 5.73 Å². The van der Waals surface area contributed by atoms with Crippen molar-refractivity contribution in [1.82, 2.24) is 0 Å². The summed E-state index contributed by atoms with van der Waals surface area (Å²) in [5.74, 6) is 0.867. The summed E-state index contributed by atoms with van der Waals surface area (Å²) in [5, 5.41) is 17.2. The number of nitro groups is 1. The van der Waals surface area contributed by atoms with Crippen molar-refractivity contribution in [3.63, 3.8) is 0 Å². The van der Waals surface area contributed by atoms with E-state index in [1.807, 2.05) is 0 Å². The van der Waals surface area contributed by atoms with Crippen LogP contribution in [0.4, 0.5) is 4.79 Å². The third-order valence-electron chi connectivity index (χ3n) is 1.39. The summed E-state index contributed by atoms with van der Waals surface area (Å²) in [5.41, 5.74) is 4.03. The van der Waals surface area contributed by atoms with Gasteiger partial charge in [0.1, 0.15) is 0 Å². The monoisotopic (exact) mass is 244 g/mol. The molecule has 0 aliphatic rings. The number of hydrogen-bond donors (Lipinski definition) is 2. The first-order chi connectivity index (χ1) is 7.97. The highest BCUT2D eigenvalue weighted by atomic mass is 16.7. The van der Waals surface area contributed by atoms with E-state index in [0.29, 0.717) is 11.5 Å². The maximum Gasteiger partial charge on any atom is 0.402 e. The lowest BCUT2D eigenvalue weighted by atomic mass is 10.3. The first kappa shape index (κ1) is 14.5. The Morgan fingerprint density at radius 3 is 2.35 bits per heavy atom. The molecule has 0 unspecified atom stereocenters. The first-order valence-electron chi connectivity index (χ1n) is 4.33. The van der Waals surface area contributed by atoms with Crippen molar-refractivity contribution in [2.24, 2.45) is 5.73 Å². The van der Waals surface area contributed by atoms with Crippen LogP contribution in [0.5, 0.6) is 11.5 Å². The van der Waals surface area contributed by atoms with Crippen LogP contribution >= 0.6 is 0 Å². The number of para-hydroxylation sites is 2. The predicted octanol–water partition coefficient (Wildman–Crippen LogP) is 0.931. The molecular weight excluding hydrogens is 232 g/mol. The van der Waals surface area contributed by atoms with Gasteiger partial charge in [-0.1, -0.05) is 12.1 Å². The zero-order chi connectivity index (χ0) is 13.3. The molecule has 0 atom stereocenters. The third kappa shape index (κ3) is 7.42. The van der Waals surface area contributed by atoms with Crippen LogP contribution in [0.2, 0.25) is 0 Å². The minimum absolute atomic E-state index is 0.377. The van der Waals surface area contributed by atoms with Crippen LogP contribution in [0, 0.1) is 10.1 Å². The van der Waals surface area contributed by atoms with Crippen LogP contribution in [0.25, 0.3) is 0 Å². The molecule has 1 aromatic rings. The molecule has 0 saturated heterocycles. The molecule has 0 spiro atoms. The minimum Gasteiger partial charge on any atom is -0.493 e. The van der Waals surface area contributed by atoms with E-state index in [1.54, 1.807) is 24.3 Å². The van der Waals surface area contributed by atoms with E-state index in [-0.39, 0.29) is 0 Å². The number of hydrogen-bond acceptors (Lipinski definition) is 5. The maximum atomic E-state index is 10.0. The van der Waals surface area contributed by atoms with Gasteiger partial charge in [-0.25, -0.2) is 4.79 Å². The predicted molar refractivity (Wildman–Crippen MR) is 57.7 cm³/mol. The van der Waals surface area contributed by atoms with Gasteiger partial charge < -0.3 is 20.3 Å². The Hall–Kier alpha value is -2.51. The average Bonchev–Trinajstić information content (AvgIpc) is 2.26. The van der Waals surface area contributed by atoms with Crippen LogP contribution in [0.1, 0.15) is 0 Å². The Kier molecular flexibility index (Phi) is 6.60. The molecule has 0 bridgehead atoms. The van der Waals surface area contributed by atoms with Gasteiger partial charge in [0, 0.05) is 0 Å². The molecule has 17 heavy (non-hydrogen) atoms. The largest absolute Gasteiger partial charge is 0.493 e. The Morgan fingerprint density at radius 1 is 1.47 bits per heavy atom. The lowest BCUT2D eigenvalue weighted by molar-refractivity contribution is -0.514. The van der Waals surface area contributed by atoms with Gasteiger partial charge in [0.25, 0.3) is 0 Å². The number of methoxy groups -OCH3 is 1. The fraction of sp³-hybridized carbons (Fsp3) is 0.222. The molecule has 94 valence electrons. The van der Waals surface area contributed by atoms with Gasteiger partial charge in [0.15, 0.2) is 11.5 Å². The zero-order valence-corrected chi connectivity index (χ0v) is 9.03. The molecule has 1 aromatic carbocycles. The molecule has 0 radical (unpaired) electrons. The Balaban J connectivity index is 0.000000557. The van der Waals surface area contributed by atoms with Crippen LogP contribution in [0.15, 0.2) is 24.3 Å². The molecule has 0 heterocycles. The highest BCUT2D eigenvalue weighted by Crippen LogP contribution is 2.25. The normalized spacial score (nSPS) is 8.53. The number of primary amides is 1. The highest BCUT2D eigenvalue weighted by molar-refractivity contribution is 5.61. The first-order valence-corrected chi connectivity index (χ1v) is 4.33. The summed E-state index contributed by atoms with van der Waals surface area (Å²) in [7, 11) is 1.48. The third-order valence-corrected chi connectivity index (χ3v) is 1.39. The summed E-state index contributed by atoms with van der Waals surface area (Å²) >= 11 is 0. The Morgan fingerprint density at radius 2 is 1.94 bits per heavy atom. The number of carboxylic acid groups (broad SMARTS) is 1. The van der Waals surface area contributed by atoms with Gasteiger partial charge in [0.2, 0.25) is 0 Å². The lowest BCUT2D eigenvalue weighted by Gasteiger charge is -2.05. The van der Waals surface area contributed by atoms with Crippen LogP contribution in [-0.4, -0.2) is 30.0 Å². The average molecular weight is 244 g/mol. The molecular formula is C9H12N2O6. The molecule has 0 aliphatic carbocycles. The van der Waals surface area contributed by atoms with Crippen LogP contribution in [-0.2, 0) is 0 Å². The van der Waals surface area contributed by atoms with E-state index in [4.69, 9.17) is 19.4 Å². The fourth-order valence-electron chi connectivity index (χ4n) is 0.860. The van der Waals surface area contributed by atoms with Crippen molar-refractivity contribution >= 4 is 6.09 Å². The maximum absolute atomic E-state index is 10.0. The number of carbonyl (C=O) groups is 1. The second kappa shape index (κ2) is 7.74. The fourth-order valence-corrected chi connectivity index (χ4v) is 0.860. The van der Waals surface area contributed by atoms with Crippen molar-refractivity contribution in [1.29, 1.82) is 0 Å². The van der Waals surface area contributed by atoms with E-state index in [0.717, 1.165) is 0 Å². The molecule has 1 rings (SSSR count). The van der Waals surface area contributed by atoms with Crippen LogP contribution < -0.4 is 15.2 Å². The van der Waals surface area contributed by atoms with Gasteiger partial charge in [0.05, 0.1) is 12.0 Å². The van der Waals surface area contributed by atoms with Gasteiger partial charge in [-0.3, -0.25) is 10.1 Å². The van der Waals surface area contributed by atoms with Gasteiger partial charge in [-0.2, -0.15) is 0 Å². The topological polar surface area (TPSA) is 125 Å². The number of rotatable bonds is 4. The molecule has 1 amide bonds. The number of benzene rings is 1. The van der Waals surface area contributed by atoms with Gasteiger partial charge in [-0.15, -0.1) is 0 Å². The van der Waals surface area contributed by atoms with Crippen molar-refractivity contribution in [3.8, 4) is 11.5 Å². The summed E-state index contributed by atoms with van der Waals surface area (Å²) in [6.45, 7) is -0.555. The van der Waals surface area contributed by atoms with E-state index < -0.39 is 17.7 Å². The Bertz CT molecular complexity index is 378. The van der Waals surface area contributed by atoms with Crippen molar-refractivity contribution in [2.75, 3.05) is 13.8 Å². The van der Waals surface area contributed by atoms with Gasteiger partial charge >= 0.3 is 12.8 Å². The zero-order valence-electron chi connectivity index (χ0n) is 9.03. The standard InChI is InChI=1S/C8H9NO4.CH3NO2/c1-12-7-4-2-3-5-8(7)13-6-9(10)11;2-1(3)4/h2-5H,6H2,1H3;2H2,(H,3,4). The molecule has 0 saturated carbocycles. The second-order valence-electron chi connectivity index (χ2n) is 2.60. The lowest BCUT2D eigenvalue weighted by Crippen LogP contribution is -2.08. The summed E-state index contributed by atoms with van der Waals surface area (Å²) in [4.78, 5) is 18.2. The molecule has 0 aromatic heterocycles. The number of amides is 1.